The van der Waals surface area contributed by atoms with E-state index in [9.17, 15) is 9.90 Å². The van der Waals surface area contributed by atoms with Crippen LogP contribution in [0.25, 0.3) is 0 Å². The Labute approximate surface area is 163 Å². The van der Waals surface area contributed by atoms with Crippen LogP contribution >= 0.6 is 15.9 Å². The number of aromatic hydroxyl groups is 1. The number of hydrogen-bond donors (Lipinski definition) is 1. The first-order chi connectivity index (χ1) is 12.5. The molecule has 0 radical (unpaired) electrons. The fourth-order valence-electron chi connectivity index (χ4n) is 3.11. The van der Waals surface area contributed by atoms with Crippen LogP contribution < -0.4 is 4.90 Å². The van der Waals surface area contributed by atoms with Gasteiger partial charge in [-0.05, 0) is 35.9 Å². The number of rotatable bonds is 5. The molecule has 0 saturated carbocycles. The van der Waals surface area contributed by atoms with E-state index in [1.165, 1.54) is 0 Å². The maximum Gasteiger partial charge on any atom is 0.236 e. The summed E-state index contributed by atoms with van der Waals surface area (Å²) in [6.07, 6.45) is 0. The molecular weight excluding hydrogens is 394 g/mol. The number of nitrogens with zero attached hydrogens (tertiary/aromatic N) is 3. The van der Waals surface area contributed by atoms with E-state index in [0.717, 1.165) is 41.9 Å². The average Bonchev–Trinajstić information content (AvgIpc) is 2.65. The van der Waals surface area contributed by atoms with E-state index >= 15 is 0 Å². The van der Waals surface area contributed by atoms with Crippen molar-refractivity contribution < 1.29 is 9.90 Å². The van der Waals surface area contributed by atoms with Crippen LogP contribution in [0.2, 0.25) is 0 Å². The highest BCUT2D eigenvalue weighted by Gasteiger charge is 2.21. The van der Waals surface area contributed by atoms with Gasteiger partial charge in [-0.25, -0.2) is 0 Å². The van der Waals surface area contributed by atoms with E-state index in [-0.39, 0.29) is 11.7 Å². The number of halogens is 1. The molecule has 2 aromatic rings. The molecule has 3 rings (SSSR count). The van der Waals surface area contributed by atoms with E-state index < -0.39 is 0 Å². The molecule has 0 atom stereocenters. The van der Waals surface area contributed by atoms with Gasteiger partial charge in [-0.2, -0.15) is 0 Å². The monoisotopic (exact) mass is 417 g/mol. The van der Waals surface area contributed by atoms with Crippen molar-refractivity contribution >= 4 is 27.5 Å². The molecule has 2 aromatic carbocycles. The Morgan fingerprint density at radius 2 is 1.73 bits per heavy atom. The zero-order valence-corrected chi connectivity index (χ0v) is 16.5. The lowest BCUT2D eigenvalue weighted by Gasteiger charge is -2.36. The second-order valence-corrected chi connectivity index (χ2v) is 7.48. The molecule has 1 aliphatic heterocycles. The zero-order chi connectivity index (χ0) is 18.5. The first-order valence-corrected chi connectivity index (χ1v) is 9.56. The zero-order valence-electron chi connectivity index (χ0n) is 14.9. The first-order valence-electron chi connectivity index (χ1n) is 8.76. The predicted octanol–water partition coefficient (Wildman–Crippen LogP) is 2.94. The highest BCUT2D eigenvalue weighted by atomic mass is 79.9. The average molecular weight is 418 g/mol. The largest absolute Gasteiger partial charge is 0.508 e. The number of anilines is 1. The van der Waals surface area contributed by atoms with Gasteiger partial charge in [-0.15, -0.1) is 0 Å². The summed E-state index contributed by atoms with van der Waals surface area (Å²) in [6, 6.07) is 15.3. The van der Waals surface area contributed by atoms with Gasteiger partial charge in [0.05, 0.1) is 6.54 Å². The van der Waals surface area contributed by atoms with Crippen LogP contribution in [-0.4, -0.2) is 60.6 Å². The number of hydrogen-bond acceptors (Lipinski definition) is 4. The van der Waals surface area contributed by atoms with Crippen molar-refractivity contribution in [1.29, 1.82) is 0 Å². The third kappa shape index (κ3) is 4.77. The summed E-state index contributed by atoms with van der Waals surface area (Å²) >= 11 is 3.54. The molecular formula is C20H24BrN3O2. The minimum atomic E-state index is 0.138. The molecule has 1 aliphatic rings. The van der Waals surface area contributed by atoms with Gasteiger partial charge in [0.15, 0.2) is 0 Å². The summed E-state index contributed by atoms with van der Waals surface area (Å²) in [5.41, 5.74) is 2.22. The second-order valence-electron chi connectivity index (χ2n) is 6.62. The van der Waals surface area contributed by atoms with Gasteiger partial charge in [0.25, 0.3) is 0 Å². The van der Waals surface area contributed by atoms with Crippen LogP contribution in [0, 0.1) is 0 Å². The molecule has 5 nitrogen and oxygen atoms in total. The van der Waals surface area contributed by atoms with E-state index in [4.69, 9.17) is 0 Å². The number of amides is 1. The Morgan fingerprint density at radius 1 is 1.08 bits per heavy atom. The van der Waals surface area contributed by atoms with Gasteiger partial charge in [0, 0.05) is 49.9 Å². The van der Waals surface area contributed by atoms with Gasteiger partial charge in [0.2, 0.25) is 5.91 Å². The third-order valence-corrected chi connectivity index (χ3v) is 5.51. The van der Waals surface area contributed by atoms with E-state index in [1.807, 2.05) is 43.4 Å². The van der Waals surface area contributed by atoms with Crippen molar-refractivity contribution in [3.63, 3.8) is 0 Å². The molecule has 0 bridgehead atoms. The highest BCUT2D eigenvalue weighted by molar-refractivity contribution is 9.10. The van der Waals surface area contributed by atoms with Crippen LogP contribution in [0.4, 0.5) is 5.69 Å². The molecule has 1 heterocycles. The van der Waals surface area contributed by atoms with Crippen LogP contribution in [0.3, 0.4) is 0 Å². The Kier molecular flexibility index (Phi) is 6.16. The highest BCUT2D eigenvalue weighted by Crippen LogP contribution is 2.20. The first kappa shape index (κ1) is 18.7. The number of phenols is 1. The second kappa shape index (κ2) is 8.56. The lowest BCUT2D eigenvalue weighted by molar-refractivity contribution is -0.131. The van der Waals surface area contributed by atoms with Crippen LogP contribution in [-0.2, 0) is 11.3 Å². The Hall–Kier alpha value is -2.05. The summed E-state index contributed by atoms with van der Waals surface area (Å²) in [7, 11) is 1.86. The lowest BCUT2D eigenvalue weighted by atomic mass is 10.2. The topological polar surface area (TPSA) is 47.0 Å². The lowest BCUT2D eigenvalue weighted by Crippen LogP contribution is -2.49. The van der Waals surface area contributed by atoms with Crippen LogP contribution in [0.1, 0.15) is 5.56 Å². The fraction of sp³-hybridized carbons (Fsp3) is 0.350. The Balaban J connectivity index is 1.48. The van der Waals surface area contributed by atoms with Gasteiger partial charge in [-0.3, -0.25) is 9.69 Å². The van der Waals surface area contributed by atoms with Gasteiger partial charge >= 0.3 is 0 Å². The summed E-state index contributed by atoms with van der Waals surface area (Å²) in [5.74, 6) is 0.421. The Morgan fingerprint density at radius 3 is 2.38 bits per heavy atom. The minimum Gasteiger partial charge on any atom is -0.508 e. The predicted molar refractivity (Wildman–Crippen MR) is 107 cm³/mol. The molecule has 138 valence electrons. The van der Waals surface area contributed by atoms with Crippen LogP contribution in [0.5, 0.6) is 5.75 Å². The minimum absolute atomic E-state index is 0.138. The smallest absolute Gasteiger partial charge is 0.236 e. The molecule has 6 heteroatoms. The van der Waals surface area contributed by atoms with Gasteiger partial charge < -0.3 is 14.9 Å². The molecule has 1 N–H and O–H groups in total. The van der Waals surface area contributed by atoms with E-state index in [0.29, 0.717) is 13.1 Å². The summed E-state index contributed by atoms with van der Waals surface area (Å²) < 4.78 is 1.03. The normalized spacial score (nSPS) is 15.1. The molecule has 0 spiro atoms. The summed E-state index contributed by atoms with van der Waals surface area (Å²) in [4.78, 5) is 18.8. The standard InChI is InChI=1S/C20H24BrN3O2/c1-22(14-16-4-2-3-5-19(16)21)20(26)15-23-10-12-24(13-11-23)17-6-8-18(25)9-7-17/h2-9,25H,10-15H2,1H3. The number of carbonyl (C=O) groups is 1. The van der Waals surface area contributed by atoms with E-state index in [2.05, 4.69) is 25.7 Å². The van der Waals surface area contributed by atoms with Crippen molar-refractivity contribution in [3.05, 3.63) is 58.6 Å². The third-order valence-electron chi connectivity index (χ3n) is 4.74. The fourth-order valence-corrected chi connectivity index (χ4v) is 3.52. The van der Waals surface area contributed by atoms with Gasteiger partial charge in [0.1, 0.15) is 5.75 Å². The van der Waals surface area contributed by atoms with E-state index in [1.54, 1.807) is 17.0 Å². The van der Waals surface area contributed by atoms with Crippen molar-refractivity contribution in [2.45, 2.75) is 6.54 Å². The number of likely N-dealkylation sites (N-methyl/N-ethyl adjacent to an activating group) is 1. The van der Waals surface area contributed by atoms with Gasteiger partial charge in [-0.1, -0.05) is 34.1 Å². The Bertz CT molecular complexity index is 743. The molecule has 1 saturated heterocycles. The number of phenolic OH excluding ortho intramolecular Hbond substituents is 1. The number of benzene rings is 2. The maximum atomic E-state index is 12.5. The SMILES string of the molecule is CN(Cc1ccccc1Br)C(=O)CN1CCN(c2ccc(O)cc2)CC1. The van der Waals surface area contributed by atoms with Crippen molar-refractivity contribution in [3.8, 4) is 5.75 Å². The number of carbonyl (C=O) groups excluding carboxylic acids is 1. The molecule has 26 heavy (non-hydrogen) atoms. The van der Waals surface area contributed by atoms with Crippen molar-refractivity contribution in [2.24, 2.45) is 0 Å². The van der Waals surface area contributed by atoms with Crippen molar-refractivity contribution in [2.75, 3.05) is 44.7 Å². The summed E-state index contributed by atoms with van der Waals surface area (Å²) in [6.45, 7) is 4.53. The molecule has 0 unspecified atom stereocenters. The molecule has 0 aromatic heterocycles. The van der Waals surface area contributed by atoms with Crippen molar-refractivity contribution in [1.82, 2.24) is 9.80 Å². The molecule has 1 amide bonds. The summed E-state index contributed by atoms with van der Waals surface area (Å²) in [5, 5.41) is 9.40. The van der Waals surface area contributed by atoms with Crippen LogP contribution in [0.15, 0.2) is 53.0 Å². The number of piperazine rings is 1. The molecule has 1 fully saturated rings. The quantitative estimate of drug-likeness (QED) is 0.812. The maximum absolute atomic E-state index is 12.5. The molecule has 0 aliphatic carbocycles.